The Morgan fingerprint density at radius 3 is 2.70 bits per heavy atom. The SMILES string of the molecule is CC1OC(c2c[nH]n3c(=O)cc(CC(C)(C)C)nc23)O1. The molecule has 0 saturated carbocycles. The molecule has 1 aliphatic heterocycles. The van der Waals surface area contributed by atoms with E-state index in [9.17, 15) is 4.79 Å². The van der Waals surface area contributed by atoms with E-state index in [0.717, 1.165) is 17.7 Å². The lowest BCUT2D eigenvalue weighted by Crippen LogP contribution is -2.31. The van der Waals surface area contributed by atoms with Crippen LogP contribution in [0.4, 0.5) is 0 Å². The summed E-state index contributed by atoms with van der Waals surface area (Å²) in [6.45, 7) is 8.19. The summed E-state index contributed by atoms with van der Waals surface area (Å²) in [4.78, 5) is 16.7. The van der Waals surface area contributed by atoms with Crippen molar-refractivity contribution in [2.24, 2.45) is 5.41 Å². The maximum atomic E-state index is 12.1. The van der Waals surface area contributed by atoms with Gasteiger partial charge in [0, 0.05) is 18.0 Å². The molecule has 20 heavy (non-hydrogen) atoms. The highest BCUT2D eigenvalue weighted by Gasteiger charge is 2.31. The van der Waals surface area contributed by atoms with Crippen LogP contribution in [0.1, 0.15) is 45.2 Å². The molecule has 1 fully saturated rings. The molecule has 0 radical (unpaired) electrons. The molecule has 1 saturated heterocycles. The van der Waals surface area contributed by atoms with Crippen LogP contribution in [-0.4, -0.2) is 20.9 Å². The summed E-state index contributed by atoms with van der Waals surface area (Å²) in [5.41, 5.74) is 2.08. The number of aromatic amines is 1. The molecular formula is C14H19N3O3. The van der Waals surface area contributed by atoms with Crippen LogP contribution in [-0.2, 0) is 15.9 Å². The summed E-state index contributed by atoms with van der Waals surface area (Å²) >= 11 is 0. The normalized spacial score (nSPS) is 23.0. The highest BCUT2D eigenvalue weighted by Crippen LogP contribution is 2.33. The molecular weight excluding hydrogens is 258 g/mol. The van der Waals surface area contributed by atoms with Crippen molar-refractivity contribution in [1.29, 1.82) is 0 Å². The molecule has 0 aromatic carbocycles. The van der Waals surface area contributed by atoms with Crippen LogP contribution in [0.2, 0.25) is 0 Å². The lowest BCUT2D eigenvalue weighted by molar-refractivity contribution is -0.382. The topological polar surface area (TPSA) is 68.6 Å². The number of nitrogens with one attached hydrogen (secondary N) is 1. The van der Waals surface area contributed by atoms with Gasteiger partial charge in [-0.05, 0) is 18.8 Å². The quantitative estimate of drug-likeness (QED) is 0.911. The molecule has 0 aliphatic carbocycles. The minimum atomic E-state index is -0.442. The molecule has 2 aromatic rings. The van der Waals surface area contributed by atoms with Crippen molar-refractivity contribution >= 4 is 5.65 Å². The van der Waals surface area contributed by atoms with Crippen molar-refractivity contribution in [2.75, 3.05) is 0 Å². The number of ether oxygens (including phenoxy) is 2. The molecule has 0 bridgehead atoms. The van der Waals surface area contributed by atoms with Gasteiger partial charge in [0.25, 0.3) is 5.56 Å². The minimum Gasteiger partial charge on any atom is -0.319 e. The zero-order valence-corrected chi connectivity index (χ0v) is 12.1. The fourth-order valence-corrected chi connectivity index (χ4v) is 2.36. The molecule has 3 rings (SSSR count). The van der Waals surface area contributed by atoms with Gasteiger partial charge in [-0.1, -0.05) is 20.8 Å². The maximum absolute atomic E-state index is 12.1. The Hall–Kier alpha value is -1.66. The van der Waals surface area contributed by atoms with Gasteiger partial charge in [0.15, 0.2) is 18.2 Å². The van der Waals surface area contributed by atoms with Crippen molar-refractivity contribution < 1.29 is 9.47 Å². The molecule has 1 N–H and O–H groups in total. The Morgan fingerprint density at radius 1 is 1.40 bits per heavy atom. The summed E-state index contributed by atoms with van der Waals surface area (Å²) in [5, 5.41) is 2.89. The first-order valence-corrected chi connectivity index (χ1v) is 6.74. The monoisotopic (exact) mass is 277 g/mol. The lowest BCUT2D eigenvalue weighted by Gasteiger charge is -2.32. The first-order chi connectivity index (χ1) is 9.33. The summed E-state index contributed by atoms with van der Waals surface area (Å²) in [6.07, 6.45) is 1.80. The number of fused-ring (bicyclic) bond motifs is 1. The third-order valence-corrected chi connectivity index (χ3v) is 3.17. The zero-order valence-electron chi connectivity index (χ0n) is 12.1. The summed E-state index contributed by atoms with van der Waals surface area (Å²) in [6, 6.07) is 1.57. The van der Waals surface area contributed by atoms with E-state index in [1.54, 1.807) is 12.3 Å². The van der Waals surface area contributed by atoms with Gasteiger partial charge in [-0.25, -0.2) is 9.50 Å². The van der Waals surface area contributed by atoms with Crippen LogP contribution in [0.25, 0.3) is 5.65 Å². The van der Waals surface area contributed by atoms with Crippen molar-refractivity contribution in [3.63, 3.8) is 0 Å². The number of rotatable bonds is 2. The second kappa shape index (κ2) is 4.43. The predicted molar refractivity (Wildman–Crippen MR) is 73.3 cm³/mol. The second-order valence-electron chi connectivity index (χ2n) is 6.38. The molecule has 3 heterocycles. The van der Waals surface area contributed by atoms with Gasteiger partial charge < -0.3 is 9.47 Å². The third kappa shape index (κ3) is 2.36. The maximum Gasteiger partial charge on any atom is 0.272 e. The molecule has 1 aliphatic rings. The van der Waals surface area contributed by atoms with E-state index >= 15 is 0 Å². The smallest absolute Gasteiger partial charge is 0.272 e. The summed E-state index contributed by atoms with van der Waals surface area (Å²) in [7, 11) is 0. The van der Waals surface area contributed by atoms with Gasteiger partial charge in [0.05, 0.1) is 5.56 Å². The second-order valence-corrected chi connectivity index (χ2v) is 6.38. The highest BCUT2D eigenvalue weighted by atomic mass is 16.9. The molecule has 6 nitrogen and oxygen atoms in total. The van der Waals surface area contributed by atoms with Crippen LogP contribution < -0.4 is 5.56 Å². The van der Waals surface area contributed by atoms with E-state index in [2.05, 4.69) is 30.9 Å². The molecule has 2 aromatic heterocycles. The number of nitrogens with zero attached hydrogens (tertiary/aromatic N) is 2. The van der Waals surface area contributed by atoms with Crippen molar-refractivity contribution in [3.05, 3.63) is 33.9 Å². The highest BCUT2D eigenvalue weighted by molar-refractivity contribution is 5.47. The molecule has 0 atom stereocenters. The standard InChI is InChI=1S/C14H19N3O3/c1-8-19-13(20-8)10-7-15-17-11(18)5-9(16-12(10)17)6-14(2,3)4/h5,7-8,13,15H,6H2,1-4H3. The number of hydrogen-bond acceptors (Lipinski definition) is 4. The van der Waals surface area contributed by atoms with Gasteiger partial charge in [-0.2, -0.15) is 0 Å². The molecule has 0 amide bonds. The third-order valence-electron chi connectivity index (χ3n) is 3.17. The van der Waals surface area contributed by atoms with Crippen LogP contribution in [0.5, 0.6) is 0 Å². The number of H-pyrrole nitrogens is 1. The number of hydrogen-bond donors (Lipinski definition) is 1. The lowest BCUT2D eigenvalue weighted by atomic mass is 9.90. The van der Waals surface area contributed by atoms with E-state index in [1.807, 2.05) is 6.92 Å². The van der Waals surface area contributed by atoms with E-state index in [4.69, 9.17) is 9.47 Å². The van der Waals surface area contributed by atoms with E-state index in [0.29, 0.717) is 5.65 Å². The van der Waals surface area contributed by atoms with Crippen LogP contribution in [0.15, 0.2) is 17.1 Å². The molecule has 0 unspecified atom stereocenters. The van der Waals surface area contributed by atoms with Gasteiger partial charge in [-0.3, -0.25) is 9.89 Å². The molecule has 0 spiro atoms. The molecule has 6 heteroatoms. The van der Waals surface area contributed by atoms with Gasteiger partial charge in [0.2, 0.25) is 0 Å². The van der Waals surface area contributed by atoms with Crippen LogP contribution in [0.3, 0.4) is 0 Å². The van der Waals surface area contributed by atoms with E-state index in [1.165, 1.54) is 4.52 Å². The average molecular weight is 277 g/mol. The van der Waals surface area contributed by atoms with E-state index in [-0.39, 0.29) is 17.3 Å². The van der Waals surface area contributed by atoms with Crippen LogP contribution in [0, 0.1) is 5.41 Å². The summed E-state index contributed by atoms with van der Waals surface area (Å²) in [5.74, 6) is 0. The van der Waals surface area contributed by atoms with Crippen molar-refractivity contribution in [1.82, 2.24) is 14.6 Å². The first kappa shape index (κ1) is 13.3. The van der Waals surface area contributed by atoms with Gasteiger partial charge in [0.1, 0.15) is 0 Å². The number of aromatic nitrogens is 3. The Labute approximate surface area is 116 Å². The largest absolute Gasteiger partial charge is 0.319 e. The average Bonchev–Trinajstić information content (AvgIpc) is 2.66. The minimum absolute atomic E-state index is 0.0756. The van der Waals surface area contributed by atoms with Crippen molar-refractivity contribution in [2.45, 2.75) is 46.7 Å². The summed E-state index contributed by atoms with van der Waals surface area (Å²) < 4.78 is 12.4. The Bertz CT molecular complexity index is 690. The van der Waals surface area contributed by atoms with Crippen LogP contribution >= 0.6 is 0 Å². The predicted octanol–water partition coefficient (Wildman–Crippen LogP) is 2.00. The van der Waals surface area contributed by atoms with E-state index < -0.39 is 6.29 Å². The Kier molecular flexibility index (Phi) is 2.95. The van der Waals surface area contributed by atoms with Crippen molar-refractivity contribution in [3.8, 4) is 0 Å². The fraction of sp³-hybridized carbons (Fsp3) is 0.571. The Balaban J connectivity index is 2.04. The van der Waals surface area contributed by atoms with Gasteiger partial charge >= 0.3 is 0 Å². The first-order valence-electron chi connectivity index (χ1n) is 6.74. The van der Waals surface area contributed by atoms with Gasteiger partial charge in [-0.15, -0.1) is 0 Å². The molecule has 108 valence electrons. The Morgan fingerprint density at radius 2 is 2.10 bits per heavy atom. The zero-order chi connectivity index (χ0) is 14.5. The fourth-order valence-electron chi connectivity index (χ4n) is 2.36.